The van der Waals surface area contributed by atoms with Crippen molar-refractivity contribution < 1.29 is 0 Å². The standard InChI is InChI=1S/C17H33NS/c1-2-15(14-19)13-18(16-9-5-3-6-10-16)17-11-7-4-8-12-17/h15-17,19H,2-14H2,1H3. The molecule has 112 valence electrons. The Morgan fingerprint density at radius 3 is 1.74 bits per heavy atom. The molecular weight excluding hydrogens is 250 g/mol. The van der Waals surface area contributed by atoms with Crippen LogP contribution in [0.15, 0.2) is 0 Å². The van der Waals surface area contributed by atoms with Crippen molar-refractivity contribution in [2.75, 3.05) is 12.3 Å². The molecule has 0 saturated heterocycles. The van der Waals surface area contributed by atoms with Gasteiger partial charge in [0, 0.05) is 18.6 Å². The van der Waals surface area contributed by atoms with Gasteiger partial charge in [0.1, 0.15) is 0 Å². The van der Waals surface area contributed by atoms with Crippen molar-refractivity contribution in [1.82, 2.24) is 4.90 Å². The van der Waals surface area contributed by atoms with E-state index in [9.17, 15) is 0 Å². The topological polar surface area (TPSA) is 3.24 Å². The van der Waals surface area contributed by atoms with Gasteiger partial charge >= 0.3 is 0 Å². The number of nitrogens with zero attached hydrogens (tertiary/aromatic N) is 1. The Kier molecular flexibility index (Phi) is 7.07. The first-order chi connectivity index (χ1) is 9.35. The molecule has 2 rings (SSSR count). The van der Waals surface area contributed by atoms with Crippen LogP contribution in [0.5, 0.6) is 0 Å². The highest BCUT2D eigenvalue weighted by Gasteiger charge is 2.29. The van der Waals surface area contributed by atoms with Crippen molar-refractivity contribution >= 4 is 12.6 Å². The molecule has 0 radical (unpaired) electrons. The van der Waals surface area contributed by atoms with E-state index in [0.717, 1.165) is 23.8 Å². The van der Waals surface area contributed by atoms with E-state index in [1.54, 1.807) is 0 Å². The first-order valence-electron chi connectivity index (χ1n) is 8.71. The Hall–Kier alpha value is 0.310. The SMILES string of the molecule is CCC(CS)CN(C1CCCCC1)C1CCCCC1. The minimum atomic E-state index is 0.798. The molecule has 1 atom stereocenters. The number of rotatable bonds is 6. The van der Waals surface area contributed by atoms with E-state index in [-0.39, 0.29) is 0 Å². The van der Waals surface area contributed by atoms with Crippen LogP contribution < -0.4 is 0 Å². The third-order valence-electron chi connectivity index (χ3n) is 5.39. The van der Waals surface area contributed by atoms with E-state index < -0.39 is 0 Å². The molecule has 1 nitrogen and oxygen atoms in total. The highest BCUT2D eigenvalue weighted by Crippen LogP contribution is 2.31. The molecule has 0 aromatic carbocycles. The Bertz CT molecular complexity index is 209. The van der Waals surface area contributed by atoms with Crippen LogP contribution in [-0.4, -0.2) is 29.3 Å². The lowest BCUT2D eigenvalue weighted by atomic mass is 9.87. The van der Waals surface area contributed by atoms with E-state index in [1.807, 2.05) is 0 Å². The van der Waals surface area contributed by atoms with E-state index in [1.165, 1.54) is 77.2 Å². The summed E-state index contributed by atoms with van der Waals surface area (Å²) in [5, 5.41) is 0. The van der Waals surface area contributed by atoms with Crippen LogP contribution in [0, 0.1) is 5.92 Å². The van der Waals surface area contributed by atoms with Crippen LogP contribution in [0.1, 0.15) is 77.6 Å². The smallest absolute Gasteiger partial charge is 0.00983 e. The summed E-state index contributed by atoms with van der Waals surface area (Å²) in [6.07, 6.45) is 15.9. The second-order valence-electron chi connectivity index (χ2n) is 6.74. The predicted molar refractivity (Wildman–Crippen MR) is 88.1 cm³/mol. The molecule has 0 heterocycles. The maximum absolute atomic E-state index is 4.57. The van der Waals surface area contributed by atoms with Crippen LogP contribution in [0.2, 0.25) is 0 Å². The van der Waals surface area contributed by atoms with Gasteiger partial charge in [-0.2, -0.15) is 12.6 Å². The molecule has 1 unspecified atom stereocenters. The van der Waals surface area contributed by atoms with Gasteiger partial charge in [-0.05, 0) is 37.4 Å². The molecule has 2 aliphatic rings. The van der Waals surface area contributed by atoms with Gasteiger partial charge in [0.05, 0.1) is 0 Å². The lowest BCUT2D eigenvalue weighted by Crippen LogP contribution is -2.47. The van der Waals surface area contributed by atoms with E-state index in [4.69, 9.17) is 0 Å². The molecule has 0 spiro atoms. The van der Waals surface area contributed by atoms with Crippen LogP contribution in [-0.2, 0) is 0 Å². The molecule has 19 heavy (non-hydrogen) atoms. The molecule has 0 bridgehead atoms. The summed E-state index contributed by atoms with van der Waals surface area (Å²) in [5.41, 5.74) is 0. The minimum absolute atomic E-state index is 0.798. The molecule has 0 aromatic rings. The van der Waals surface area contributed by atoms with Crippen molar-refractivity contribution in [2.24, 2.45) is 5.92 Å². The monoisotopic (exact) mass is 283 g/mol. The highest BCUT2D eigenvalue weighted by molar-refractivity contribution is 7.80. The minimum Gasteiger partial charge on any atom is -0.297 e. The fourth-order valence-electron chi connectivity index (χ4n) is 4.04. The third kappa shape index (κ3) is 4.67. The molecule has 2 fully saturated rings. The summed E-state index contributed by atoms with van der Waals surface area (Å²) in [6.45, 7) is 3.65. The summed E-state index contributed by atoms with van der Waals surface area (Å²) in [7, 11) is 0. The second kappa shape index (κ2) is 8.56. The first-order valence-corrected chi connectivity index (χ1v) is 9.35. The molecule has 0 N–H and O–H groups in total. The third-order valence-corrected chi connectivity index (χ3v) is 5.91. The molecule has 0 aromatic heterocycles. The van der Waals surface area contributed by atoms with Crippen LogP contribution in [0.4, 0.5) is 0 Å². The highest BCUT2D eigenvalue weighted by atomic mass is 32.1. The Morgan fingerprint density at radius 2 is 1.37 bits per heavy atom. The van der Waals surface area contributed by atoms with E-state index in [0.29, 0.717) is 0 Å². The maximum atomic E-state index is 4.57. The van der Waals surface area contributed by atoms with Gasteiger partial charge in [-0.15, -0.1) is 0 Å². The van der Waals surface area contributed by atoms with Gasteiger partial charge < -0.3 is 0 Å². The second-order valence-corrected chi connectivity index (χ2v) is 7.10. The van der Waals surface area contributed by atoms with Crippen molar-refractivity contribution in [3.63, 3.8) is 0 Å². The van der Waals surface area contributed by atoms with Crippen LogP contribution >= 0.6 is 12.6 Å². The molecule has 2 heteroatoms. The molecule has 2 saturated carbocycles. The van der Waals surface area contributed by atoms with Crippen molar-refractivity contribution in [3.05, 3.63) is 0 Å². The maximum Gasteiger partial charge on any atom is 0.00983 e. The normalized spacial score (nSPS) is 24.8. The average Bonchev–Trinajstić information content (AvgIpc) is 2.50. The zero-order chi connectivity index (χ0) is 13.5. The van der Waals surface area contributed by atoms with Gasteiger partial charge in [0.15, 0.2) is 0 Å². The quantitative estimate of drug-likeness (QED) is 0.678. The van der Waals surface area contributed by atoms with Gasteiger partial charge in [0.2, 0.25) is 0 Å². The molecule has 2 aliphatic carbocycles. The van der Waals surface area contributed by atoms with Gasteiger partial charge in [-0.25, -0.2) is 0 Å². The summed E-state index contributed by atoms with van der Waals surface area (Å²) < 4.78 is 0. The zero-order valence-corrected chi connectivity index (χ0v) is 13.7. The van der Waals surface area contributed by atoms with Crippen LogP contribution in [0.3, 0.4) is 0 Å². The van der Waals surface area contributed by atoms with Crippen molar-refractivity contribution in [2.45, 2.75) is 89.6 Å². The summed E-state index contributed by atoms with van der Waals surface area (Å²) >= 11 is 4.57. The summed E-state index contributed by atoms with van der Waals surface area (Å²) in [5.74, 6) is 1.86. The fourth-order valence-corrected chi connectivity index (χ4v) is 4.41. The van der Waals surface area contributed by atoms with Gasteiger partial charge in [-0.3, -0.25) is 4.90 Å². The van der Waals surface area contributed by atoms with E-state index >= 15 is 0 Å². The largest absolute Gasteiger partial charge is 0.297 e. The average molecular weight is 284 g/mol. The Morgan fingerprint density at radius 1 is 0.895 bits per heavy atom. The number of thiol groups is 1. The molecule has 0 aliphatic heterocycles. The van der Waals surface area contributed by atoms with Crippen molar-refractivity contribution in [1.29, 1.82) is 0 Å². The van der Waals surface area contributed by atoms with Crippen molar-refractivity contribution in [3.8, 4) is 0 Å². The Labute approximate surface area is 125 Å². The summed E-state index contributed by atoms with van der Waals surface area (Å²) in [6, 6.07) is 1.79. The Balaban J connectivity index is 1.97. The molecule has 0 amide bonds. The van der Waals surface area contributed by atoms with Crippen LogP contribution in [0.25, 0.3) is 0 Å². The lowest BCUT2D eigenvalue weighted by Gasteiger charge is -2.43. The molecular formula is C17H33NS. The number of hydrogen-bond donors (Lipinski definition) is 1. The number of hydrogen-bond acceptors (Lipinski definition) is 2. The first kappa shape index (κ1) is 15.7. The van der Waals surface area contributed by atoms with Gasteiger partial charge in [-0.1, -0.05) is 51.9 Å². The van der Waals surface area contributed by atoms with E-state index in [2.05, 4.69) is 24.5 Å². The fraction of sp³-hybridized carbons (Fsp3) is 1.00. The van der Waals surface area contributed by atoms with Gasteiger partial charge in [0.25, 0.3) is 0 Å². The lowest BCUT2D eigenvalue weighted by molar-refractivity contribution is 0.0667. The summed E-state index contributed by atoms with van der Waals surface area (Å²) in [4.78, 5) is 2.93. The predicted octanol–water partition coefficient (Wildman–Crippen LogP) is 4.91. The zero-order valence-electron chi connectivity index (χ0n) is 12.8.